The van der Waals surface area contributed by atoms with E-state index in [2.05, 4.69) is 10.2 Å². The number of nitrogens with two attached hydrogens (primary N) is 1. The maximum absolute atomic E-state index is 12.0. The van der Waals surface area contributed by atoms with E-state index in [-0.39, 0.29) is 12.0 Å². The third-order valence-corrected chi connectivity index (χ3v) is 2.94. The van der Waals surface area contributed by atoms with E-state index >= 15 is 0 Å². The molecule has 0 aromatic heterocycles. The third-order valence-electron chi connectivity index (χ3n) is 2.94. The lowest BCUT2D eigenvalue weighted by atomic mass is 10.2. The summed E-state index contributed by atoms with van der Waals surface area (Å²) in [4.78, 5) is 14.1. The number of amides is 1. The lowest BCUT2D eigenvalue weighted by molar-refractivity contribution is 0.0496. The van der Waals surface area contributed by atoms with Crippen LogP contribution >= 0.6 is 0 Å². The van der Waals surface area contributed by atoms with Crippen molar-refractivity contribution >= 4 is 11.6 Å². The lowest BCUT2D eigenvalue weighted by Crippen LogP contribution is -2.35. The summed E-state index contributed by atoms with van der Waals surface area (Å²) in [5.74, 6) is -0.119. The van der Waals surface area contributed by atoms with Crippen LogP contribution in [-0.2, 0) is 4.74 Å². The molecule has 1 amide bonds. The first-order chi connectivity index (χ1) is 9.52. The molecular weight excluding hydrogens is 254 g/mol. The van der Waals surface area contributed by atoms with E-state index in [4.69, 9.17) is 10.5 Å². The molecule has 112 valence electrons. The summed E-state index contributed by atoms with van der Waals surface area (Å²) in [6, 6.07) is 6.96. The van der Waals surface area contributed by atoms with Crippen LogP contribution in [0.25, 0.3) is 0 Å². The van der Waals surface area contributed by atoms with Crippen molar-refractivity contribution < 1.29 is 9.53 Å². The highest BCUT2D eigenvalue weighted by atomic mass is 16.5. The zero-order chi connectivity index (χ0) is 15.0. The summed E-state index contributed by atoms with van der Waals surface area (Å²) in [6.07, 6.45) is 0.922. The first kappa shape index (κ1) is 16.5. The fourth-order valence-corrected chi connectivity index (χ4v) is 1.87. The molecule has 1 unspecified atom stereocenters. The Morgan fingerprint density at radius 3 is 2.80 bits per heavy atom. The Bertz CT molecular complexity index is 421. The maximum atomic E-state index is 12.0. The van der Waals surface area contributed by atoms with Crippen LogP contribution < -0.4 is 11.1 Å². The Morgan fingerprint density at radius 1 is 1.45 bits per heavy atom. The molecule has 0 aliphatic carbocycles. The fraction of sp³-hybridized carbons (Fsp3) is 0.533. The van der Waals surface area contributed by atoms with Gasteiger partial charge in [-0.1, -0.05) is 6.07 Å². The number of hydrogen-bond donors (Lipinski definition) is 2. The van der Waals surface area contributed by atoms with E-state index < -0.39 is 0 Å². The average Bonchev–Trinajstić information content (AvgIpc) is 2.41. The highest BCUT2D eigenvalue weighted by Crippen LogP contribution is 2.06. The second-order valence-electron chi connectivity index (χ2n) is 5.00. The second kappa shape index (κ2) is 8.55. The van der Waals surface area contributed by atoms with Crippen molar-refractivity contribution in [2.45, 2.75) is 19.4 Å². The number of carbonyl (C=O) groups is 1. The molecule has 0 radical (unpaired) electrons. The van der Waals surface area contributed by atoms with Gasteiger partial charge in [0, 0.05) is 30.9 Å². The molecule has 0 spiro atoms. The summed E-state index contributed by atoms with van der Waals surface area (Å²) in [7, 11) is 4.04. The van der Waals surface area contributed by atoms with E-state index in [0.29, 0.717) is 24.4 Å². The number of rotatable bonds is 8. The van der Waals surface area contributed by atoms with Crippen molar-refractivity contribution in [1.29, 1.82) is 0 Å². The smallest absolute Gasteiger partial charge is 0.251 e. The van der Waals surface area contributed by atoms with Gasteiger partial charge in [0.15, 0.2) is 0 Å². The summed E-state index contributed by atoms with van der Waals surface area (Å²) in [5, 5.41) is 2.90. The van der Waals surface area contributed by atoms with Crippen LogP contribution in [0.4, 0.5) is 5.69 Å². The Balaban J connectivity index is 2.47. The number of nitrogens with one attached hydrogen (secondary N) is 1. The normalized spacial score (nSPS) is 12.4. The minimum absolute atomic E-state index is 0.0346. The molecule has 0 aliphatic heterocycles. The molecule has 0 fully saturated rings. The van der Waals surface area contributed by atoms with Crippen molar-refractivity contribution in [2.75, 3.05) is 39.5 Å². The largest absolute Gasteiger partial charge is 0.399 e. The number of hydrogen-bond acceptors (Lipinski definition) is 4. The van der Waals surface area contributed by atoms with Gasteiger partial charge in [-0.05, 0) is 45.6 Å². The molecule has 5 heteroatoms. The Labute approximate surface area is 121 Å². The molecule has 3 N–H and O–H groups in total. The third kappa shape index (κ3) is 6.04. The molecule has 0 saturated heterocycles. The van der Waals surface area contributed by atoms with E-state index in [9.17, 15) is 4.79 Å². The maximum Gasteiger partial charge on any atom is 0.251 e. The number of anilines is 1. The molecular formula is C15H25N3O2. The van der Waals surface area contributed by atoms with Crippen LogP contribution in [0.5, 0.6) is 0 Å². The second-order valence-corrected chi connectivity index (χ2v) is 5.00. The summed E-state index contributed by atoms with van der Waals surface area (Å²) in [6.45, 7) is 4.04. The van der Waals surface area contributed by atoms with Gasteiger partial charge in [0.25, 0.3) is 5.91 Å². The topological polar surface area (TPSA) is 67.6 Å². The Hall–Kier alpha value is -1.59. The zero-order valence-corrected chi connectivity index (χ0v) is 12.6. The highest BCUT2D eigenvalue weighted by molar-refractivity contribution is 5.94. The van der Waals surface area contributed by atoms with Gasteiger partial charge < -0.3 is 20.7 Å². The van der Waals surface area contributed by atoms with Crippen LogP contribution in [0, 0.1) is 0 Å². The number of ether oxygens (including phenoxy) is 1. The van der Waals surface area contributed by atoms with Crippen LogP contribution in [0.2, 0.25) is 0 Å². The van der Waals surface area contributed by atoms with Gasteiger partial charge in [0.1, 0.15) is 0 Å². The van der Waals surface area contributed by atoms with Gasteiger partial charge in [-0.15, -0.1) is 0 Å². The first-order valence-corrected chi connectivity index (χ1v) is 6.93. The molecule has 0 aliphatic rings. The van der Waals surface area contributed by atoms with Gasteiger partial charge in [0.05, 0.1) is 6.10 Å². The van der Waals surface area contributed by atoms with Crippen molar-refractivity contribution in [3.63, 3.8) is 0 Å². The number of nitrogens with zero attached hydrogens (tertiary/aromatic N) is 1. The molecule has 1 aromatic carbocycles. The molecule has 0 heterocycles. The zero-order valence-electron chi connectivity index (χ0n) is 12.6. The molecule has 20 heavy (non-hydrogen) atoms. The van der Waals surface area contributed by atoms with Gasteiger partial charge in [0.2, 0.25) is 0 Å². The fourth-order valence-electron chi connectivity index (χ4n) is 1.87. The van der Waals surface area contributed by atoms with Crippen molar-refractivity contribution in [3.05, 3.63) is 29.8 Å². The highest BCUT2D eigenvalue weighted by Gasteiger charge is 2.12. The number of nitrogen functional groups attached to an aromatic ring is 1. The van der Waals surface area contributed by atoms with Gasteiger partial charge in [-0.3, -0.25) is 4.79 Å². The Kier molecular flexibility index (Phi) is 7.04. The predicted octanol–water partition coefficient (Wildman–Crippen LogP) is 1.36. The van der Waals surface area contributed by atoms with Gasteiger partial charge >= 0.3 is 0 Å². The quantitative estimate of drug-likeness (QED) is 0.705. The molecule has 1 aromatic rings. The molecule has 1 rings (SSSR count). The van der Waals surface area contributed by atoms with Crippen molar-refractivity contribution in [3.8, 4) is 0 Å². The molecule has 5 nitrogen and oxygen atoms in total. The Morgan fingerprint density at radius 2 is 2.20 bits per heavy atom. The first-order valence-electron chi connectivity index (χ1n) is 6.93. The molecule has 0 saturated carbocycles. The average molecular weight is 279 g/mol. The molecule has 0 bridgehead atoms. The SMILES string of the molecule is CCOC(CCN(C)C)CNC(=O)c1cccc(N)c1. The van der Waals surface area contributed by atoms with Crippen molar-refractivity contribution in [2.24, 2.45) is 0 Å². The monoisotopic (exact) mass is 279 g/mol. The van der Waals surface area contributed by atoms with Crippen molar-refractivity contribution in [1.82, 2.24) is 10.2 Å². The van der Waals surface area contributed by atoms with E-state index in [1.807, 2.05) is 21.0 Å². The van der Waals surface area contributed by atoms with E-state index in [1.165, 1.54) is 0 Å². The summed E-state index contributed by atoms with van der Waals surface area (Å²) in [5.41, 5.74) is 6.84. The standard InChI is InChI=1S/C15H25N3O2/c1-4-20-14(8-9-18(2)3)11-17-15(19)12-6-5-7-13(16)10-12/h5-7,10,14H,4,8-9,11,16H2,1-3H3,(H,17,19). The van der Waals surface area contributed by atoms with Crippen LogP contribution in [0.1, 0.15) is 23.7 Å². The predicted molar refractivity (Wildman–Crippen MR) is 81.8 cm³/mol. The number of benzene rings is 1. The lowest BCUT2D eigenvalue weighted by Gasteiger charge is -2.19. The molecule has 1 atom stereocenters. The minimum Gasteiger partial charge on any atom is -0.399 e. The van der Waals surface area contributed by atoms with Crippen LogP contribution in [-0.4, -0.2) is 50.7 Å². The summed E-state index contributed by atoms with van der Waals surface area (Å²) >= 11 is 0. The van der Waals surface area contributed by atoms with Gasteiger partial charge in [-0.25, -0.2) is 0 Å². The van der Waals surface area contributed by atoms with E-state index in [0.717, 1.165) is 13.0 Å². The van der Waals surface area contributed by atoms with Crippen LogP contribution in [0.3, 0.4) is 0 Å². The minimum atomic E-state index is -0.119. The van der Waals surface area contributed by atoms with Gasteiger partial charge in [-0.2, -0.15) is 0 Å². The van der Waals surface area contributed by atoms with E-state index in [1.54, 1.807) is 24.3 Å². The number of carbonyl (C=O) groups excluding carboxylic acids is 1. The van der Waals surface area contributed by atoms with Crippen LogP contribution in [0.15, 0.2) is 24.3 Å². The summed E-state index contributed by atoms with van der Waals surface area (Å²) < 4.78 is 5.64.